The van der Waals surface area contributed by atoms with Crippen molar-refractivity contribution in [3.05, 3.63) is 22.8 Å². The molecule has 0 spiro atoms. The highest BCUT2D eigenvalue weighted by Crippen LogP contribution is 2.14. The summed E-state index contributed by atoms with van der Waals surface area (Å²) in [5.41, 5.74) is 0. The Balaban J connectivity index is 2.64. The van der Waals surface area contributed by atoms with E-state index in [4.69, 9.17) is 0 Å². The molecule has 1 atom stereocenters. The van der Waals surface area contributed by atoms with Crippen LogP contribution in [0.4, 0.5) is 5.82 Å². The van der Waals surface area contributed by atoms with Crippen molar-refractivity contribution >= 4 is 21.7 Å². The minimum absolute atomic E-state index is 0.420. The van der Waals surface area contributed by atoms with Gasteiger partial charge in [0.1, 0.15) is 5.82 Å². The van der Waals surface area contributed by atoms with Gasteiger partial charge in [0.2, 0.25) is 0 Å². The minimum Gasteiger partial charge on any atom is -0.366 e. The number of pyridine rings is 1. The average Bonchev–Trinajstić information content (AvgIpc) is 2.19. The number of rotatable bonds is 5. The fourth-order valence-corrected chi connectivity index (χ4v) is 1.70. The zero-order chi connectivity index (χ0) is 12.1. The smallest absolute Gasteiger partial charge is 0.126 e. The molecule has 1 rings (SSSR count). The first-order chi connectivity index (χ1) is 7.49. The van der Waals surface area contributed by atoms with Crippen molar-refractivity contribution in [2.75, 3.05) is 26.0 Å². The SMILES string of the molecule is CC(C)C(CN(C)C)Nc1ccc(Br)cn1. The molecule has 1 heterocycles. The third kappa shape index (κ3) is 4.49. The molecule has 0 aliphatic carbocycles. The van der Waals surface area contributed by atoms with Gasteiger partial charge in [-0.3, -0.25) is 0 Å². The van der Waals surface area contributed by atoms with E-state index < -0.39 is 0 Å². The van der Waals surface area contributed by atoms with Crippen molar-refractivity contribution in [1.29, 1.82) is 0 Å². The first-order valence-corrected chi connectivity index (χ1v) is 6.31. The lowest BCUT2D eigenvalue weighted by Gasteiger charge is -2.26. The van der Waals surface area contributed by atoms with E-state index in [1.807, 2.05) is 18.3 Å². The number of nitrogens with one attached hydrogen (secondary N) is 1. The van der Waals surface area contributed by atoms with Gasteiger partial charge in [0.25, 0.3) is 0 Å². The van der Waals surface area contributed by atoms with Crippen molar-refractivity contribution in [3.8, 4) is 0 Å². The molecular formula is C12H20BrN3. The van der Waals surface area contributed by atoms with E-state index in [2.05, 4.69) is 59.1 Å². The molecule has 0 fully saturated rings. The topological polar surface area (TPSA) is 28.2 Å². The molecule has 90 valence electrons. The molecular weight excluding hydrogens is 266 g/mol. The lowest BCUT2D eigenvalue weighted by atomic mass is 10.0. The summed E-state index contributed by atoms with van der Waals surface area (Å²) in [5.74, 6) is 1.51. The Kier molecular flexibility index (Phi) is 5.22. The summed E-state index contributed by atoms with van der Waals surface area (Å²) in [6, 6.07) is 4.42. The lowest BCUT2D eigenvalue weighted by Crippen LogP contribution is -2.36. The van der Waals surface area contributed by atoms with Crippen LogP contribution in [0.1, 0.15) is 13.8 Å². The maximum atomic E-state index is 4.33. The van der Waals surface area contributed by atoms with E-state index in [1.54, 1.807) is 0 Å². The third-order valence-electron chi connectivity index (χ3n) is 2.43. The van der Waals surface area contributed by atoms with E-state index in [-0.39, 0.29) is 0 Å². The molecule has 0 radical (unpaired) electrons. The molecule has 1 unspecified atom stereocenters. The molecule has 3 nitrogen and oxygen atoms in total. The van der Waals surface area contributed by atoms with Crippen molar-refractivity contribution in [2.24, 2.45) is 5.92 Å². The molecule has 4 heteroatoms. The van der Waals surface area contributed by atoms with Crippen LogP contribution in [0.25, 0.3) is 0 Å². The molecule has 1 aromatic heterocycles. The zero-order valence-electron chi connectivity index (χ0n) is 10.4. The molecule has 0 aliphatic rings. The highest BCUT2D eigenvalue weighted by Gasteiger charge is 2.14. The molecule has 0 saturated heterocycles. The molecule has 0 aromatic carbocycles. The Morgan fingerprint density at radius 2 is 2.06 bits per heavy atom. The molecule has 0 saturated carbocycles. The molecule has 1 aromatic rings. The van der Waals surface area contributed by atoms with Crippen LogP contribution in [0.15, 0.2) is 22.8 Å². The Labute approximate surface area is 106 Å². The van der Waals surface area contributed by atoms with Crippen LogP contribution in [-0.2, 0) is 0 Å². The molecule has 1 N–H and O–H groups in total. The zero-order valence-corrected chi connectivity index (χ0v) is 12.0. The summed E-state index contributed by atoms with van der Waals surface area (Å²) in [4.78, 5) is 6.52. The first kappa shape index (κ1) is 13.5. The van der Waals surface area contributed by atoms with Gasteiger partial charge in [-0.2, -0.15) is 0 Å². The van der Waals surface area contributed by atoms with E-state index in [0.29, 0.717) is 12.0 Å². The summed E-state index contributed by atoms with van der Waals surface area (Å²) in [5, 5.41) is 3.46. The summed E-state index contributed by atoms with van der Waals surface area (Å²) < 4.78 is 1.01. The van der Waals surface area contributed by atoms with Crippen LogP contribution < -0.4 is 5.32 Å². The summed E-state index contributed by atoms with van der Waals surface area (Å²) in [6.07, 6.45) is 1.81. The van der Waals surface area contributed by atoms with E-state index in [0.717, 1.165) is 16.8 Å². The minimum atomic E-state index is 0.420. The van der Waals surface area contributed by atoms with Gasteiger partial charge in [-0.15, -0.1) is 0 Å². The second-order valence-electron chi connectivity index (χ2n) is 4.62. The summed E-state index contributed by atoms with van der Waals surface area (Å²) in [6.45, 7) is 5.45. The van der Waals surface area contributed by atoms with Gasteiger partial charge in [0, 0.05) is 23.3 Å². The molecule has 0 amide bonds. The highest BCUT2D eigenvalue weighted by molar-refractivity contribution is 9.10. The Morgan fingerprint density at radius 1 is 1.38 bits per heavy atom. The molecule has 0 bridgehead atoms. The quantitative estimate of drug-likeness (QED) is 0.902. The van der Waals surface area contributed by atoms with E-state index in [9.17, 15) is 0 Å². The summed E-state index contributed by atoms with van der Waals surface area (Å²) in [7, 11) is 4.18. The first-order valence-electron chi connectivity index (χ1n) is 5.52. The number of nitrogens with zero attached hydrogens (tertiary/aromatic N) is 2. The summed E-state index contributed by atoms with van der Waals surface area (Å²) >= 11 is 3.38. The van der Waals surface area contributed by atoms with Crippen LogP contribution in [0.3, 0.4) is 0 Å². The van der Waals surface area contributed by atoms with Gasteiger partial charge in [0.05, 0.1) is 0 Å². The number of hydrogen-bond acceptors (Lipinski definition) is 3. The fraction of sp³-hybridized carbons (Fsp3) is 0.583. The maximum Gasteiger partial charge on any atom is 0.126 e. The van der Waals surface area contributed by atoms with Gasteiger partial charge < -0.3 is 10.2 Å². The van der Waals surface area contributed by atoms with Crippen LogP contribution >= 0.6 is 15.9 Å². The van der Waals surface area contributed by atoms with Gasteiger partial charge in [-0.1, -0.05) is 13.8 Å². The van der Waals surface area contributed by atoms with Crippen LogP contribution in [0, 0.1) is 5.92 Å². The molecule has 0 aliphatic heterocycles. The lowest BCUT2D eigenvalue weighted by molar-refractivity contribution is 0.344. The number of halogens is 1. The Hall–Kier alpha value is -0.610. The maximum absolute atomic E-state index is 4.33. The second-order valence-corrected chi connectivity index (χ2v) is 5.53. The number of hydrogen-bond donors (Lipinski definition) is 1. The van der Waals surface area contributed by atoms with Gasteiger partial charge in [-0.05, 0) is 48.1 Å². The highest BCUT2D eigenvalue weighted by atomic mass is 79.9. The normalized spacial score (nSPS) is 13.2. The Morgan fingerprint density at radius 3 is 2.50 bits per heavy atom. The fourth-order valence-electron chi connectivity index (χ4n) is 1.47. The number of anilines is 1. The number of aromatic nitrogens is 1. The van der Waals surface area contributed by atoms with Crippen molar-refractivity contribution < 1.29 is 0 Å². The van der Waals surface area contributed by atoms with E-state index >= 15 is 0 Å². The van der Waals surface area contributed by atoms with Crippen LogP contribution in [0.2, 0.25) is 0 Å². The van der Waals surface area contributed by atoms with Crippen molar-refractivity contribution in [2.45, 2.75) is 19.9 Å². The number of likely N-dealkylation sites (N-methyl/N-ethyl adjacent to an activating group) is 1. The predicted octanol–water partition coefficient (Wildman–Crippen LogP) is 2.84. The second kappa shape index (κ2) is 6.21. The van der Waals surface area contributed by atoms with Gasteiger partial charge >= 0.3 is 0 Å². The Bertz CT molecular complexity index is 309. The van der Waals surface area contributed by atoms with Crippen molar-refractivity contribution in [3.63, 3.8) is 0 Å². The van der Waals surface area contributed by atoms with Crippen molar-refractivity contribution in [1.82, 2.24) is 9.88 Å². The van der Waals surface area contributed by atoms with Crippen LogP contribution in [-0.4, -0.2) is 36.6 Å². The standard InChI is InChI=1S/C12H20BrN3/c1-9(2)11(8-16(3)4)15-12-6-5-10(13)7-14-12/h5-7,9,11H,8H2,1-4H3,(H,14,15). The third-order valence-corrected chi connectivity index (χ3v) is 2.90. The monoisotopic (exact) mass is 285 g/mol. The predicted molar refractivity (Wildman–Crippen MR) is 72.7 cm³/mol. The average molecular weight is 286 g/mol. The van der Waals surface area contributed by atoms with E-state index in [1.165, 1.54) is 0 Å². The van der Waals surface area contributed by atoms with Crippen LogP contribution in [0.5, 0.6) is 0 Å². The van der Waals surface area contributed by atoms with Gasteiger partial charge in [-0.25, -0.2) is 4.98 Å². The molecule has 16 heavy (non-hydrogen) atoms. The van der Waals surface area contributed by atoms with Gasteiger partial charge in [0.15, 0.2) is 0 Å². The largest absolute Gasteiger partial charge is 0.366 e.